The Labute approximate surface area is 171 Å². The quantitative estimate of drug-likeness (QED) is 0.758. The van der Waals surface area contributed by atoms with E-state index in [2.05, 4.69) is 29.2 Å². The van der Waals surface area contributed by atoms with Crippen LogP contribution in [0, 0.1) is 17.8 Å². The van der Waals surface area contributed by atoms with Crippen LogP contribution >= 0.6 is 0 Å². The highest BCUT2D eigenvalue weighted by molar-refractivity contribution is 5.74. The number of piperidine rings is 1. The predicted octanol–water partition coefficient (Wildman–Crippen LogP) is 5.28. The van der Waals surface area contributed by atoms with Crippen molar-refractivity contribution in [2.75, 3.05) is 18.0 Å². The third kappa shape index (κ3) is 3.80. The molecular weight excluding hydrogens is 362 g/mol. The van der Waals surface area contributed by atoms with Gasteiger partial charge in [0.15, 0.2) is 0 Å². The number of allylic oxidation sites excluding steroid dienone is 3. The molecule has 1 saturated carbocycles. The minimum Gasteiger partial charge on any atom is -0.481 e. The number of ether oxygens (including phenoxy) is 1. The number of hydrogen-bond donors (Lipinski definition) is 1. The number of aliphatic carboxylic acids is 1. The van der Waals surface area contributed by atoms with Crippen molar-refractivity contribution in [2.45, 2.75) is 19.3 Å². The first-order valence-electron chi connectivity index (χ1n) is 10.4. The summed E-state index contributed by atoms with van der Waals surface area (Å²) in [5.41, 5.74) is 3.99. The summed E-state index contributed by atoms with van der Waals surface area (Å²) in [5, 5.41) is 9.20. The molecule has 148 valence electrons. The Morgan fingerprint density at radius 2 is 1.79 bits per heavy atom. The van der Waals surface area contributed by atoms with E-state index in [0.717, 1.165) is 43.9 Å². The second kappa shape index (κ2) is 7.43. The van der Waals surface area contributed by atoms with E-state index in [-0.39, 0.29) is 11.8 Å². The van der Waals surface area contributed by atoms with Crippen molar-refractivity contribution in [1.29, 1.82) is 0 Å². The van der Waals surface area contributed by atoms with Gasteiger partial charge in [0.2, 0.25) is 0 Å². The fourth-order valence-corrected chi connectivity index (χ4v) is 4.66. The van der Waals surface area contributed by atoms with E-state index in [4.69, 9.17) is 4.74 Å². The van der Waals surface area contributed by atoms with Gasteiger partial charge in [0.25, 0.3) is 0 Å². The minimum atomic E-state index is -0.641. The summed E-state index contributed by atoms with van der Waals surface area (Å²) >= 11 is 0. The van der Waals surface area contributed by atoms with Crippen LogP contribution in [0.1, 0.15) is 19.3 Å². The molecule has 0 spiro atoms. The van der Waals surface area contributed by atoms with Gasteiger partial charge in [-0.2, -0.15) is 0 Å². The van der Waals surface area contributed by atoms with Crippen LogP contribution in [0.25, 0.3) is 0 Å². The van der Waals surface area contributed by atoms with Crippen LogP contribution in [0.5, 0.6) is 11.5 Å². The number of para-hydroxylation sites is 1. The lowest BCUT2D eigenvalue weighted by molar-refractivity contribution is -0.138. The first-order chi connectivity index (χ1) is 14.2. The molecule has 2 aromatic rings. The zero-order valence-electron chi connectivity index (χ0n) is 16.3. The minimum absolute atomic E-state index is 0.149. The number of carboxylic acids is 1. The number of hydrogen-bond acceptors (Lipinski definition) is 3. The Morgan fingerprint density at radius 1 is 1.00 bits per heavy atom. The van der Waals surface area contributed by atoms with Crippen molar-refractivity contribution in [3.63, 3.8) is 0 Å². The smallest absolute Gasteiger partial charge is 0.307 e. The normalized spacial score (nSPS) is 25.5. The molecule has 2 fully saturated rings. The predicted molar refractivity (Wildman–Crippen MR) is 113 cm³/mol. The Balaban J connectivity index is 1.28. The van der Waals surface area contributed by atoms with Crippen LogP contribution < -0.4 is 9.64 Å². The van der Waals surface area contributed by atoms with Crippen LogP contribution in [0.4, 0.5) is 5.69 Å². The lowest BCUT2D eigenvalue weighted by Crippen LogP contribution is -2.36. The Bertz CT molecular complexity index is 979. The lowest BCUT2D eigenvalue weighted by atomic mass is 9.80. The van der Waals surface area contributed by atoms with Gasteiger partial charge < -0.3 is 14.7 Å². The van der Waals surface area contributed by atoms with Gasteiger partial charge in [0.1, 0.15) is 11.5 Å². The molecule has 1 heterocycles. The fourth-order valence-electron chi connectivity index (χ4n) is 4.66. The van der Waals surface area contributed by atoms with Gasteiger partial charge in [0, 0.05) is 24.8 Å². The van der Waals surface area contributed by atoms with Crippen molar-refractivity contribution >= 4 is 11.7 Å². The zero-order valence-corrected chi connectivity index (χ0v) is 16.3. The number of carbonyl (C=O) groups is 1. The van der Waals surface area contributed by atoms with Crippen molar-refractivity contribution in [1.82, 2.24) is 0 Å². The third-order valence-electron chi connectivity index (χ3n) is 6.38. The van der Waals surface area contributed by atoms with Gasteiger partial charge in [-0.1, -0.05) is 42.0 Å². The highest BCUT2D eigenvalue weighted by atomic mass is 16.5. The monoisotopic (exact) mass is 387 g/mol. The van der Waals surface area contributed by atoms with Gasteiger partial charge >= 0.3 is 5.97 Å². The number of benzene rings is 2. The van der Waals surface area contributed by atoms with E-state index >= 15 is 0 Å². The molecule has 4 nitrogen and oxygen atoms in total. The molecule has 0 bridgehead atoms. The van der Waals surface area contributed by atoms with Gasteiger partial charge in [-0.25, -0.2) is 0 Å². The van der Waals surface area contributed by atoms with Crippen LogP contribution in [-0.4, -0.2) is 24.2 Å². The summed E-state index contributed by atoms with van der Waals surface area (Å²) in [6.07, 6.45) is 7.40. The topological polar surface area (TPSA) is 49.8 Å². The molecule has 3 atom stereocenters. The van der Waals surface area contributed by atoms with Gasteiger partial charge in [-0.3, -0.25) is 4.79 Å². The Hall–Kier alpha value is -3.01. The maximum atomic E-state index is 11.2. The molecule has 1 saturated heterocycles. The summed E-state index contributed by atoms with van der Waals surface area (Å²) in [5.74, 6) is 1.74. The molecule has 3 unspecified atom stereocenters. The van der Waals surface area contributed by atoms with Crippen LogP contribution in [0.3, 0.4) is 0 Å². The van der Waals surface area contributed by atoms with Gasteiger partial charge in [-0.05, 0) is 60.9 Å². The lowest BCUT2D eigenvalue weighted by Gasteiger charge is -2.38. The fraction of sp³-hybridized carbons (Fsp3) is 0.320. The first kappa shape index (κ1) is 18.0. The van der Waals surface area contributed by atoms with Gasteiger partial charge in [0.05, 0.1) is 5.92 Å². The van der Waals surface area contributed by atoms with Crippen molar-refractivity contribution in [3.05, 3.63) is 77.9 Å². The average molecular weight is 387 g/mol. The zero-order chi connectivity index (χ0) is 19.8. The van der Waals surface area contributed by atoms with Crippen molar-refractivity contribution < 1.29 is 14.6 Å². The van der Waals surface area contributed by atoms with Crippen molar-refractivity contribution in [2.24, 2.45) is 17.8 Å². The molecule has 3 aliphatic rings. The van der Waals surface area contributed by atoms with E-state index in [9.17, 15) is 9.90 Å². The summed E-state index contributed by atoms with van der Waals surface area (Å²) in [7, 11) is 0. The molecule has 0 radical (unpaired) electrons. The molecular formula is C25H25NO3. The van der Waals surface area contributed by atoms with E-state index in [1.165, 1.54) is 16.8 Å². The summed E-state index contributed by atoms with van der Waals surface area (Å²) in [6, 6.07) is 18.1. The summed E-state index contributed by atoms with van der Waals surface area (Å²) < 4.78 is 5.99. The number of anilines is 1. The van der Waals surface area contributed by atoms with E-state index in [1.807, 2.05) is 42.5 Å². The van der Waals surface area contributed by atoms with E-state index in [1.54, 1.807) is 0 Å². The largest absolute Gasteiger partial charge is 0.481 e. The molecule has 2 aliphatic carbocycles. The number of nitrogens with zero attached hydrogens (tertiary/aromatic N) is 1. The van der Waals surface area contributed by atoms with Crippen LogP contribution in [0.2, 0.25) is 0 Å². The van der Waals surface area contributed by atoms with Crippen LogP contribution in [-0.2, 0) is 4.79 Å². The summed E-state index contributed by atoms with van der Waals surface area (Å²) in [4.78, 5) is 13.6. The Kier molecular flexibility index (Phi) is 4.62. The maximum absolute atomic E-state index is 11.2. The maximum Gasteiger partial charge on any atom is 0.307 e. The molecule has 1 aliphatic heterocycles. The van der Waals surface area contributed by atoms with Crippen LogP contribution in [0.15, 0.2) is 77.9 Å². The molecule has 4 heteroatoms. The average Bonchev–Trinajstić information content (AvgIpc) is 3.55. The van der Waals surface area contributed by atoms with E-state index in [0.29, 0.717) is 5.92 Å². The standard InChI is InChI=1S/C25H25NO3/c27-25(28)24-15-23(24)18-9-10-19-16-26(12-11-17(19)13-18)20-5-4-8-22(14-20)29-21-6-2-1-3-7-21/h1-10,14,17,23-24H,11-13,15-16H2,(H,27,28). The number of fused-ring (bicyclic) bond motifs is 1. The molecule has 5 rings (SSSR count). The number of carboxylic acid groups (broad SMARTS) is 1. The molecule has 1 N–H and O–H groups in total. The van der Waals surface area contributed by atoms with Gasteiger partial charge in [-0.15, -0.1) is 0 Å². The summed E-state index contributed by atoms with van der Waals surface area (Å²) in [6.45, 7) is 1.94. The first-order valence-corrected chi connectivity index (χ1v) is 10.4. The SMILES string of the molecule is O=C(O)C1CC1C1=CC=C2CN(c3cccc(Oc4ccccc4)c3)CCC2C1. The van der Waals surface area contributed by atoms with Crippen molar-refractivity contribution in [3.8, 4) is 11.5 Å². The molecule has 29 heavy (non-hydrogen) atoms. The highest BCUT2D eigenvalue weighted by Crippen LogP contribution is 2.49. The molecule has 0 amide bonds. The molecule has 0 aromatic heterocycles. The highest BCUT2D eigenvalue weighted by Gasteiger charge is 2.46. The second-order valence-electron chi connectivity index (χ2n) is 8.29. The van der Waals surface area contributed by atoms with E-state index < -0.39 is 5.97 Å². The Morgan fingerprint density at radius 3 is 2.59 bits per heavy atom. The molecule has 2 aromatic carbocycles. The third-order valence-corrected chi connectivity index (χ3v) is 6.38. The number of rotatable bonds is 5. The second-order valence-corrected chi connectivity index (χ2v) is 8.29.